The zero-order valence-corrected chi connectivity index (χ0v) is 24.3. The molecule has 2 aliphatic heterocycles. The number of rotatable bonds is 8. The predicted molar refractivity (Wildman–Crippen MR) is 161 cm³/mol. The third-order valence-corrected chi connectivity index (χ3v) is 9.52. The van der Waals surface area contributed by atoms with E-state index in [0.29, 0.717) is 32.2 Å². The molecule has 0 aromatic heterocycles. The van der Waals surface area contributed by atoms with Crippen LogP contribution in [0, 0.1) is 17.8 Å². The van der Waals surface area contributed by atoms with Gasteiger partial charge >= 0.3 is 7.12 Å². The number of phenols is 1. The van der Waals surface area contributed by atoms with Gasteiger partial charge in [-0.3, -0.25) is 14.5 Å². The number of likely N-dealkylation sites (tertiary alicyclic amines) is 1. The van der Waals surface area contributed by atoms with Crippen molar-refractivity contribution >= 4 is 25.0 Å². The molecule has 220 valence electrons. The summed E-state index contributed by atoms with van der Waals surface area (Å²) in [5, 5.41) is 20.7. The highest BCUT2D eigenvalue weighted by Gasteiger charge is 2.58. The minimum absolute atomic E-state index is 0.0115. The van der Waals surface area contributed by atoms with Crippen LogP contribution >= 0.6 is 0 Å². The summed E-state index contributed by atoms with van der Waals surface area (Å²) in [5.41, 5.74) is 4.09. The minimum Gasteiger partial charge on any atom is -0.508 e. The highest BCUT2D eigenvalue weighted by molar-refractivity contribution is 6.43. The molecule has 0 unspecified atom stereocenters. The van der Waals surface area contributed by atoms with Crippen molar-refractivity contribution in [1.29, 1.82) is 0 Å². The van der Waals surface area contributed by atoms with Gasteiger partial charge in [0.05, 0.1) is 17.9 Å². The SMILES string of the molecule is C/C(=C\c1cccc(O)c1)CC[C@H]1OB(O)C[C@H]2C1=C(COc1ccccc1)C[C@H]1C(=O)N(C3CCCCC3)C(=O)[C@H]12. The van der Waals surface area contributed by atoms with Crippen LogP contribution in [0.1, 0.15) is 63.9 Å². The summed E-state index contributed by atoms with van der Waals surface area (Å²) in [4.78, 5) is 29.4. The Morgan fingerprint density at radius 1 is 1.05 bits per heavy atom. The molecule has 6 rings (SSSR count). The van der Waals surface area contributed by atoms with E-state index in [-0.39, 0.29) is 35.6 Å². The lowest BCUT2D eigenvalue weighted by atomic mass is 9.58. The van der Waals surface area contributed by atoms with Gasteiger partial charge < -0.3 is 19.5 Å². The highest BCUT2D eigenvalue weighted by Crippen LogP contribution is 2.51. The van der Waals surface area contributed by atoms with Gasteiger partial charge in [0.15, 0.2) is 0 Å². The number of hydrogen-bond donors (Lipinski definition) is 2. The zero-order chi connectivity index (χ0) is 29.2. The minimum atomic E-state index is -0.999. The summed E-state index contributed by atoms with van der Waals surface area (Å²) in [6.07, 6.45) is 8.79. The Morgan fingerprint density at radius 2 is 1.83 bits per heavy atom. The van der Waals surface area contributed by atoms with E-state index >= 15 is 0 Å². The lowest BCUT2D eigenvalue weighted by Gasteiger charge is -2.43. The maximum Gasteiger partial charge on any atom is 0.455 e. The Balaban J connectivity index is 1.29. The number of nitrogens with zero attached hydrogens (tertiary/aromatic N) is 1. The lowest BCUT2D eigenvalue weighted by Crippen LogP contribution is -2.47. The van der Waals surface area contributed by atoms with Crippen LogP contribution in [0.3, 0.4) is 0 Å². The van der Waals surface area contributed by atoms with Crippen LogP contribution < -0.4 is 4.74 Å². The average Bonchev–Trinajstić information content (AvgIpc) is 3.24. The topological polar surface area (TPSA) is 96.3 Å². The van der Waals surface area contributed by atoms with E-state index < -0.39 is 19.0 Å². The molecule has 2 aromatic carbocycles. The van der Waals surface area contributed by atoms with E-state index in [1.807, 2.05) is 55.5 Å². The van der Waals surface area contributed by atoms with Crippen molar-refractivity contribution < 1.29 is 29.1 Å². The molecule has 1 saturated carbocycles. The van der Waals surface area contributed by atoms with Gasteiger partial charge in [0.2, 0.25) is 11.8 Å². The largest absolute Gasteiger partial charge is 0.508 e. The van der Waals surface area contributed by atoms with Crippen molar-refractivity contribution in [2.45, 2.75) is 76.8 Å². The van der Waals surface area contributed by atoms with E-state index in [9.17, 15) is 19.7 Å². The third-order valence-electron chi connectivity index (χ3n) is 9.52. The molecule has 8 heteroatoms. The Kier molecular flexibility index (Phi) is 8.54. The molecule has 2 saturated heterocycles. The van der Waals surface area contributed by atoms with Gasteiger partial charge in [-0.25, -0.2) is 0 Å². The highest BCUT2D eigenvalue weighted by atomic mass is 16.5. The van der Waals surface area contributed by atoms with Crippen molar-refractivity contribution in [3.05, 3.63) is 76.9 Å². The van der Waals surface area contributed by atoms with Crippen LogP contribution in [0.5, 0.6) is 11.5 Å². The Hall–Kier alpha value is -3.36. The number of phenolic OH excluding ortho intramolecular Hbond substituents is 1. The Bertz CT molecular complexity index is 1370. The van der Waals surface area contributed by atoms with E-state index in [1.165, 1.54) is 0 Å². The molecule has 0 spiro atoms. The smallest absolute Gasteiger partial charge is 0.455 e. The number of para-hydroxylation sites is 1. The van der Waals surface area contributed by atoms with Gasteiger partial charge in [0.1, 0.15) is 18.1 Å². The van der Waals surface area contributed by atoms with Crippen LogP contribution in [0.25, 0.3) is 6.08 Å². The van der Waals surface area contributed by atoms with Gasteiger partial charge in [0, 0.05) is 6.04 Å². The maximum absolute atomic E-state index is 14.0. The standard InChI is InChI=1S/C34H40BNO6/c1-22(17-23-9-8-12-26(37)18-23)15-16-30-31-24(21-41-27-13-6-3-7-14-27)19-28-32(29(31)20-35(40)42-30)34(39)36(33(28)38)25-10-4-2-5-11-25/h3,6-9,12-14,17-18,25,28-30,32,37,40H,2,4-5,10-11,15-16,19-21H2,1H3/b22-17+/t28-,29+,30-,32-/m1/s1. The number of aromatic hydroxyl groups is 1. The zero-order valence-electron chi connectivity index (χ0n) is 24.3. The molecule has 4 atom stereocenters. The molecule has 0 bridgehead atoms. The van der Waals surface area contributed by atoms with Gasteiger partial charge in [-0.05, 0) is 92.2 Å². The summed E-state index contributed by atoms with van der Waals surface area (Å²) in [6, 6.07) is 16.8. The van der Waals surface area contributed by atoms with E-state index in [4.69, 9.17) is 9.39 Å². The molecule has 2 aromatic rings. The Morgan fingerprint density at radius 3 is 2.60 bits per heavy atom. The fraction of sp³-hybridized carbons (Fsp3) is 0.471. The fourth-order valence-corrected chi connectivity index (χ4v) is 7.64. The van der Waals surface area contributed by atoms with Crippen molar-refractivity contribution in [3.63, 3.8) is 0 Å². The number of imide groups is 1. The quantitative estimate of drug-likeness (QED) is 0.238. The summed E-state index contributed by atoms with van der Waals surface area (Å²) in [6.45, 7) is 2.37. The van der Waals surface area contributed by atoms with Crippen molar-refractivity contribution in [3.8, 4) is 11.5 Å². The molecular weight excluding hydrogens is 529 g/mol. The number of fused-ring (bicyclic) bond motifs is 3. The van der Waals surface area contributed by atoms with Crippen molar-refractivity contribution in [2.75, 3.05) is 6.61 Å². The normalized spacial score (nSPS) is 26.9. The van der Waals surface area contributed by atoms with Crippen LogP contribution in [0.4, 0.5) is 0 Å². The van der Waals surface area contributed by atoms with E-state index in [2.05, 4.69) is 0 Å². The maximum atomic E-state index is 14.0. The average molecular weight is 570 g/mol. The molecule has 42 heavy (non-hydrogen) atoms. The van der Waals surface area contributed by atoms with Gasteiger partial charge in [-0.2, -0.15) is 0 Å². The second kappa shape index (κ2) is 12.5. The van der Waals surface area contributed by atoms with Crippen LogP contribution in [0.2, 0.25) is 6.32 Å². The van der Waals surface area contributed by atoms with Gasteiger partial charge in [-0.1, -0.05) is 61.2 Å². The number of ether oxygens (including phenoxy) is 1. The number of benzene rings is 2. The molecule has 2 amide bonds. The predicted octanol–water partition coefficient (Wildman–Crippen LogP) is 5.78. The second-order valence-corrected chi connectivity index (χ2v) is 12.4. The molecule has 3 fully saturated rings. The van der Waals surface area contributed by atoms with Crippen LogP contribution in [-0.2, 0) is 14.2 Å². The third kappa shape index (κ3) is 5.93. The van der Waals surface area contributed by atoms with Crippen LogP contribution in [-0.4, -0.2) is 52.7 Å². The lowest BCUT2D eigenvalue weighted by molar-refractivity contribution is -0.143. The second-order valence-electron chi connectivity index (χ2n) is 12.4. The molecule has 0 radical (unpaired) electrons. The molecule has 2 N–H and O–H groups in total. The van der Waals surface area contributed by atoms with Gasteiger partial charge in [0.25, 0.3) is 0 Å². The van der Waals surface area contributed by atoms with Gasteiger partial charge in [-0.15, -0.1) is 0 Å². The van der Waals surface area contributed by atoms with Crippen molar-refractivity contribution in [2.24, 2.45) is 17.8 Å². The number of amides is 2. The number of carbonyl (C=O) groups is 2. The Labute approximate surface area is 248 Å². The molecule has 7 nitrogen and oxygen atoms in total. The summed E-state index contributed by atoms with van der Waals surface area (Å²) < 4.78 is 12.4. The van der Waals surface area contributed by atoms with Crippen LogP contribution in [0.15, 0.2) is 71.3 Å². The molecule has 2 aliphatic carbocycles. The summed E-state index contributed by atoms with van der Waals surface area (Å²) in [5.74, 6) is -0.264. The first-order valence-corrected chi connectivity index (χ1v) is 15.5. The molecule has 4 aliphatic rings. The molecular formula is C34H40BNO6. The first kappa shape index (κ1) is 28.8. The number of carbonyl (C=O) groups excluding carboxylic acids is 2. The molecule has 2 heterocycles. The van der Waals surface area contributed by atoms with Crippen molar-refractivity contribution in [1.82, 2.24) is 4.90 Å². The monoisotopic (exact) mass is 569 g/mol. The summed E-state index contributed by atoms with van der Waals surface area (Å²) >= 11 is 0. The van der Waals surface area contributed by atoms with E-state index in [1.54, 1.807) is 17.0 Å². The summed E-state index contributed by atoms with van der Waals surface area (Å²) in [7, 11) is -0.999. The van der Waals surface area contributed by atoms with E-state index in [0.717, 1.165) is 60.1 Å². The first-order chi connectivity index (χ1) is 20.4. The number of hydrogen-bond acceptors (Lipinski definition) is 6. The fourth-order valence-electron chi connectivity index (χ4n) is 7.64. The number of allylic oxidation sites excluding steroid dienone is 1. The first-order valence-electron chi connectivity index (χ1n) is 15.5.